The van der Waals surface area contributed by atoms with Crippen LogP contribution in [0.3, 0.4) is 0 Å². The van der Waals surface area contributed by atoms with E-state index in [1.54, 1.807) is 18.8 Å². The van der Waals surface area contributed by atoms with Crippen LogP contribution < -0.4 is 15.8 Å². The van der Waals surface area contributed by atoms with Crippen molar-refractivity contribution in [1.29, 1.82) is 0 Å². The minimum atomic E-state index is -0.699. The van der Waals surface area contributed by atoms with E-state index in [2.05, 4.69) is 10.4 Å². The fraction of sp³-hybridized carbons (Fsp3) is 0.333. The molecule has 1 unspecified atom stereocenters. The van der Waals surface area contributed by atoms with Crippen molar-refractivity contribution < 1.29 is 9.53 Å². The van der Waals surface area contributed by atoms with E-state index in [0.29, 0.717) is 17.1 Å². The van der Waals surface area contributed by atoms with Crippen molar-refractivity contribution in [2.45, 2.75) is 19.9 Å². The molecule has 1 heterocycles. The van der Waals surface area contributed by atoms with Gasteiger partial charge in [-0.25, -0.2) is 4.68 Å². The summed E-state index contributed by atoms with van der Waals surface area (Å²) in [6.45, 7) is 3.79. The lowest BCUT2D eigenvalue weighted by atomic mass is 10.1. The van der Waals surface area contributed by atoms with Crippen LogP contribution in [0.15, 0.2) is 24.3 Å². The summed E-state index contributed by atoms with van der Waals surface area (Å²) in [5.74, 6) is 0.0463. The first-order chi connectivity index (χ1) is 9.95. The Morgan fingerprint density at radius 3 is 2.62 bits per heavy atom. The molecule has 3 N–H and O–H groups in total. The normalized spacial score (nSPS) is 12.0. The summed E-state index contributed by atoms with van der Waals surface area (Å²) in [5, 5.41) is 7.48. The smallest absolute Gasteiger partial charge is 0.244 e. The third-order valence-corrected chi connectivity index (χ3v) is 3.43. The molecule has 112 valence electrons. The van der Waals surface area contributed by atoms with Crippen LogP contribution in [0.4, 0.5) is 5.69 Å². The second-order valence-corrected chi connectivity index (χ2v) is 4.93. The van der Waals surface area contributed by atoms with Crippen molar-refractivity contribution in [2.75, 3.05) is 12.4 Å². The number of nitrogens with two attached hydrogens (primary N) is 1. The van der Waals surface area contributed by atoms with Gasteiger partial charge >= 0.3 is 0 Å². The highest BCUT2D eigenvalue weighted by Crippen LogP contribution is 2.31. The van der Waals surface area contributed by atoms with Crippen molar-refractivity contribution in [1.82, 2.24) is 9.78 Å². The van der Waals surface area contributed by atoms with Crippen LogP contribution in [0.25, 0.3) is 0 Å². The highest BCUT2D eigenvalue weighted by molar-refractivity contribution is 5.85. The second-order valence-electron chi connectivity index (χ2n) is 4.93. The lowest BCUT2D eigenvalue weighted by Gasteiger charge is -2.19. The number of anilines is 1. The molecule has 0 bridgehead atoms. The van der Waals surface area contributed by atoms with Crippen molar-refractivity contribution in [3.05, 3.63) is 41.1 Å². The summed E-state index contributed by atoms with van der Waals surface area (Å²) in [6.07, 6.45) is 0. The number of methoxy groups -OCH3 is 1. The van der Waals surface area contributed by atoms with Crippen molar-refractivity contribution in [2.24, 2.45) is 12.8 Å². The highest BCUT2D eigenvalue weighted by atomic mass is 16.5. The maximum atomic E-state index is 11.9. The number of benzene rings is 1. The quantitative estimate of drug-likeness (QED) is 0.877. The van der Waals surface area contributed by atoms with Crippen LogP contribution in [0.1, 0.15) is 22.9 Å². The second kappa shape index (κ2) is 5.87. The molecule has 6 nitrogen and oxygen atoms in total. The number of hydrogen-bond donors (Lipinski definition) is 2. The zero-order chi connectivity index (χ0) is 15.6. The van der Waals surface area contributed by atoms with Crippen LogP contribution in [0.5, 0.6) is 5.88 Å². The molecular weight excluding hydrogens is 268 g/mol. The predicted octanol–water partition coefficient (Wildman–Crippen LogP) is 1.68. The molecule has 0 aliphatic carbocycles. The van der Waals surface area contributed by atoms with Gasteiger partial charge in [0.2, 0.25) is 11.8 Å². The number of ether oxygens (including phenoxy) is 1. The lowest BCUT2D eigenvalue weighted by molar-refractivity contribution is -0.118. The number of para-hydroxylation sites is 1. The largest absolute Gasteiger partial charge is 0.481 e. The van der Waals surface area contributed by atoms with Gasteiger partial charge in [0.25, 0.3) is 0 Å². The molecule has 0 aliphatic heterocycles. The summed E-state index contributed by atoms with van der Waals surface area (Å²) >= 11 is 0. The Hall–Kier alpha value is -2.50. The first kappa shape index (κ1) is 14.9. The molecular formula is C15H20N4O2. The molecule has 1 aromatic carbocycles. The fourth-order valence-corrected chi connectivity index (χ4v) is 2.40. The van der Waals surface area contributed by atoms with E-state index < -0.39 is 11.9 Å². The van der Waals surface area contributed by atoms with Gasteiger partial charge in [-0.3, -0.25) is 4.79 Å². The Balaban J connectivity index is 2.46. The van der Waals surface area contributed by atoms with E-state index in [1.165, 1.54) is 0 Å². The van der Waals surface area contributed by atoms with Gasteiger partial charge in [0.15, 0.2) is 0 Å². The fourth-order valence-electron chi connectivity index (χ4n) is 2.40. The maximum Gasteiger partial charge on any atom is 0.244 e. The third-order valence-electron chi connectivity index (χ3n) is 3.43. The van der Waals surface area contributed by atoms with Crippen molar-refractivity contribution >= 4 is 11.6 Å². The summed E-state index contributed by atoms with van der Waals surface area (Å²) in [4.78, 5) is 11.9. The minimum absolute atomic E-state index is 0.479. The Morgan fingerprint density at radius 1 is 1.38 bits per heavy atom. The molecule has 1 amide bonds. The van der Waals surface area contributed by atoms with E-state index >= 15 is 0 Å². The van der Waals surface area contributed by atoms with Crippen LogP contribution in [0.2, 0.25) is 0 Å². The van der Waals surface area contributed by atoms with Crippen LogP contribution in [-0.4, -0.2) is 22.8 Å². The molecule has 21 heavy (non-hydrogen) atoms. The molecule has 2 aromatic rings. The number of nitrogens with zero attached hydrogens (tertiary/aromatic N) is 2. The molecule has 0 aliphatic rings. The molecule has 6 heteroatoms. The van der Waals surface area contributed by atoms with Crippen molar-refractivity contribution in [3.63, 3.8) is 0 Å². The Kier molecular flexibility index (Phi) is 4.16. The Labute approximate surface area is 123 Å². The number of amides is 1. The first-order valence-corrected chi connectivity index (χ1v) is 6.64. The van der Waals surface area contributed by atoms with Crippen LogP contribution in [-0.2, 0) is 11.8 Å². The maximum absolute atomic E-state index is 11.9. The molecule has 1 atom stereocenters. The van der Waals surface area contributed by atoms with E-state index in [4.69, 9.17) is 10.5 Å². The predicted molar refractivity (Wildman–Crippen MR) is 81.2 cm³/mol. The van der Waals surface area contributed by atoms with Crippen LogP contribution in [0, 0.1) is 13.8 Å². The number of carbonyl (C=O) groups excluding carboxylic acids is 1. The number of primary amides is 1. The SMILES string of the molecule is COc1c(C(Nc2ccccc2C)C(N)=O)c(C)nn1C. The van der Waals surface area contributed by atoms with Gasteiger partial charge in [-0.2, -0.15) is 5.10 Å². The minimum Gasteiger partial charge on any atom is -0.481 e. The molecule has 0 spiro atoms. The number of nitrogens with one attached hydrogen (secondary N) is 1. The molecule has 2 rings (SSSR count). The zero-order valence-corrected chi connectivity index (χ0v) is 12.7. The molecule has 0 radical (unpaired) electrons. The van der Waals surface area contributed by atoms with Crippen LogP contribution >= 0.6 is 0 Å². The molecule has 1 aromatic heterocycles. The number of aryl methyl sites for hydroxylation is 3. The summed E-state index contributed by atoms with van der Waals surface area (Å²) in [6, 6.07) is 7.02. The Bertz CT molecular complexity index is 664. The number of hydrogen-bond acceptors (Lipinski definition) is 4. The summed E-state index contributed by atoms with van der Waals surface area (Å²) in [7, 11) is 3.31. The summed E-state index contributed by atoms with van der Waals surface area (Å²) in [5.41, 5.74) is 8.83. The standard InChI is InChI=1S/C15H20N4O2/c1-9-7-5-6-8-11(9)17-13(14(16)20)12-10(2)18-19(3)15(12)21-4/h5-8,13,17H,1-4H3,(H2,16,20). The van der Waals surface area contributed by atoms with Gasteiger partial charge in [0.05, 0.1) is 18.4 Å². The average molecular weight is 288 g/mol. The van der Waals surface area contributed by atoms with Gasteiger partial charge in [0.1, 0.15) is 6.04 Å². The number of aromatic nitrogens is 2. The van der Waals surface area contributed by atoms with Gasteiger partial charge in [-0.15, -0.1) is 0 Å². The monoisotopic (exact) mass is 288 g/mol. The Morgan fingerprint density at radius 2 is 2.05 bits per heavy atom. The highest BCUT2D eigenvalue weighted by Gasteiger charge is 2.27. The van der Waals surface area contributed by atoms with Gasteiger partial charge in [-0.1, -0.05) is 18.2 Å². The zero-order valence-electron chi connectivity index (χ0n) is 12.7. The molecule has 0 saturated carbocycles. The average Bonchev–Trinajstić information content (AvgIpc) is 2.71. The lowest BCUT2D eigenvalue weighted by Crippen LogP contribution is -2.28. The third kappa shape index (κ3) is 2.84. The van der Waals surface area contributed by atoms with E-state index in [1.807, 2.05) is 38.1 Å². The molecule has 0 saturated heterocycles. The van der Waals surface area contributed by atoms with E-state index in [9.17, 15) is 4.79 Å². The number of rotatable bonds is 5. The topological polar surface area (TPSA) is 82.2 Å². The van der Waals surface area contributed by atoms with Gasteiger partial charge in [-0.05, 0) is 25.5 Å². The number of carbonyl (C=O) groups is 1. The van der Waals surface area contributed by atoms with Gasteiger partial charge in [0, 0.05) is 12.7 Å². The van der Waals surface area contributed by atoms with E-state index in [-0.39, 0.29) is 0 Å². The van der Waals surface area contributed by atoms with Crippen molar-refractivity contribution in [3.8, 4) is 5.88 Å². The summed E-state index contributed by atoms with van der Waals surface area (Å²) < 4.78 is 6.95. The van der Waals surface area contributed by atoms with Gasteiger partial charge < -0.3 is 15.8 Å². The first-order valence-electron chi connectivity index (χ1n) is 6.64. The van der Waals surface area contributed by atoms with E-state index in [0.717, 1.165) is 11.3 Å². The molecule has 0 fully saturated rings.